The molecule has 4 aromatic rings. The lowest BCUT2D eigenvalue weighted by atomic mass is 9.95. The van der Waals surface area contributed by atoms with Crippen LogP contribution < -0.4 is 16.3 Å². The summed E-state index contributed by atoms with van der Waals surface area (Å²) >= 11 is 0. The smallest absolute Gasteiger partial charge is 0.360 e. The largest absolute Gasteiger partial charge is 0.421 e. The molecule has 33 heavy (non-hydrogen) atoms. The number of halogens is 2. The molecule has 4 rings (SSSR count). The number of rotatable bonds is 4. The van der Waals surface area contributed by atoms with E-state index in [-0.39, 0.29) is 17.3 Å². The fraction of sp³-hybridized carbons (Fsp3) is 0.154. The molecular weight excluding hydrogens is 426 g/mol. The van der Waals surface area contributed by atoms with Gasteiger partial charge >= 0.3 is 11.7 Å². The second-order valence-corrected chi connectivity index (χ2v) is 8.12. The minimum atomic E-state index is -0.934. The summed E-state index contributed by atoms with van der Waals surface area (Å²) in [7, 11) is 0. The number of carbonyl (C=O) groups excluding carboxylic acids is 1. The van der Waals surface area contributed by atoms with Crippen LogP contribution in [0.15, 0.2) is 69.9 Å². The van der Waals surface area contributed by atoms with E-state index in [1.54, 1.807) is 6.07 Å². The number of hydrogen-bond acceptors (Lipinski definition) is 3. The third-order valence-corrected chi connectivity index (χ3v) is 5.35. The Kier molecular flexibility index (Phi) is 5.96. The number of amides is 2. The monoisotopic (exact) mass is 448 g/mol. The second kappa shape index (κ2) is 8.86. The van der Waals surface area contributed by atoms with E-state index in [9.17, 15) is 18.4 Å². The summed E-state index contributed by atoms with van der Waals surface area (Å²) in [6.07, 6.45) is 0. The Morgan fingerprint density at radius 3 is 2.33 bits per heavy atom. The van der Waals surface area contributed by atoms with Gasteiger partial charge in [0, 0.05) is 17.0 Å². The van der Waals surface area contributed by atoms with Crippen molar-refractivity contribution in [3.05, 3.63) is 93.8 Å². The lowest BCUT2D eigenvalue weighted by Gasteiger charge is -2.15. The highest BCUT2D eigenvalue weighted by Crippen LogP contribution is 2.35. The molecule has 3 aromatic carbocycles. The zero-order valence-corrected chi connectivity index (χ0v) is 18.3. The Balaban J connectivity index is 1.84. The SMILES string of the molecule is Cc1ccc(-c2c(NC(=O)Nc3ccc(F)cc3F)c(=O)oc3ccc(C(C)C)cc23)cc1. The Hall–Kier alpha value is -4.00. The molecule has 0 aliphatic rings. The summed E-state index contributed by atoms with van der Waals surface area (Å²) in [6.45, 7) is 6.05. The summed E-state index contributed by atoms with van der Waals surface area (Å²) in [5, 5.41) is 5.47. The van der Waals surface area contributed by atoms with Gasteiger partial charge in [-0.05, 0) is 48.2 Å². The number of benzene rings is 3. The Labute approximate surface area is 189 Å². The van der Waals surface area contributed by atoms with Crippen LogP contribution in [0, 0.1) is 18.6 Å². The minimum Gasteiger partial charge on any atom is -0.421 e. The van der Waals surface area contributed by atoms with Gasteiger partial charge in [-0.3, -0.25) is 0 Å². The molecule has 2 amide bonds. The first kappa shape index (κ1) is 22.2. The molecule has 0 bridgehead atoms. The van der Waals surface area contributed by atoms with Gasteiger partial charge in [0.05, 0.1) is 5.69 Å². The molecule has 1 aromatic heterocycles. The molecule has 0 fully saturated rings. The van der Waals surface area contributed by atoms with Crippen LogP contribution in [-0.2, 0) is 0 Å². The van der Waals surface area contributed by atoms with E-state index in [0.29, 0.717) is 28.2 Å². The van der Waals surface area contributed by atoms with E-state index >= 15 is 0 Å². The predicted octanol–water partition coefficient (Wildman–Crippen LogP) is 6.81. The summed E-state index contributed by atoms with van der Waals surface area (Å²) in [6, 6.07) is 15.0. The highest BCUT2D eigenvalue weighted by molar-refractivity contribution is 6.07. The molecule has 0 unspecified atom stereocenters. The van der Waals surface area contributed by atoms with Crippen molar-refractivity contribution in [1.29, 1.82) is 0 Å². The number of hydrogen-bond donors (Lipinski definition) is 2. The van der Waals surface area contributed by atoms with Gasteiger partial charge in [0.15, 0.2) is 0 Å². The zero-order chi connectivity index (χ0) is 23.7. The van der Waals surface area contributed by atoms with Crippen molar-refractivity contribution in [2.45, 2.75) is 26.7 Å². The van der Waals surface area contributed by atoms with Crippen LogP contribution >= 0.6 is 0 Å². The van der Waals surface area contributed by atoms with Crippen molar-refractivity contribution in [1.82, 2.24) is 0 Å². The molecule has 0 saturated heterocycles. The van der Waals surface area contributed by atoms with Gasteiger partial charge in [-0.1, -0.05) is 49.7 Å². The first-order valence-corrected chi connectivity index (χ1v) is 10.4. The van der Waals surface area contributed by atoms with Crippen LogP contribution in [-0.4, -0.2) is 6.03 Å². The summed E-state index contributed by atoms with van der Waals surface area (Å²) in [5.74, 6) is -1.47. The molecule has 0 atom stereocenters. The molecule has 0 spiro atoms. The maximum Gasteiger partial charge on any atom is 0.360 e. The molecule has 0 radical (unpaired) electrons. The number of fused-ring (bicyclic) bond motifs is 1. The van der Waals surface area contributed by atoms with Crippen molar-refractivity contribution < 1.29 is 18.0 Å². The number of urea groups is 1. The lowest BCUT2D eigenvalue weighted by molar-refractivity contribution is 0.262. The standard InChI is InChI=1S/C26H22F2N2O3/c1-14(2)17-8-11-22-19(12-17)23(16-6-4-15(3)5-7-16)24(25(31)33-22)30-26(32)29-21-10-9-18(27)13-20(21)28/h4-14H,1-3H3,(H2,29,30,32). The Bertz CT molecular complexity index is 1410. The number of aryl methyl sites for hydroxylation is 1. The average molecular weight is 448 g/mol. The molecule has 168 valence electrons. The van der Waals surface area contributed by atoms with E-state index in [4.69, 9.17) is 4.42 Å². The van der Waals surface area contributed by atoms with Gasteiger partial charge in [-0.25, -0.2) is 18.4 Å². The minimum absolute atomic E-state index is 0.0766. The van der Waals surface area contributed by atoms with E-state index in [1.807, 2.05) is 43.3 Å². The number of nitrogens with one attached hydrogen (secondary N) is 2. The van der Waals surface area contributed by atoms with E-state index in [0.717, 1.165) is 23.3 Å². The fourth-order valence-corrected chi connectivity index (χ4v) is 3.57. The first-order valence-electron chi connectivity index (χ1n) is 10.4. The Morgan fingerprint density at radius 1 is 0.939 bits per heavy atom. The van der Waals surface area contributed by atoms with Gasteiger partial charge in [0.1, 0.15) is 22.9 Å². The topological polar surface area (TPSA) is 71.3 Å². The summed E-state index contributed by atoms with van der Waals surface area (Å²) in [4.78, 5) is 25.5. The molecule has 2 N–H and O–H groups in total. The van der Waals surface area contributed by atoms with Crippen molar-refractivity contribution in [2.24, 2.45) is 0 Å². The van der Waals surface area contributed by atoms with Crippen LogP contribution in [0.5, 0.6) is 0 Å². The van der Waals surface area contributed by atoms with Crippen molar-refractivity contribution >= 4 is 28.4 Å². The average Bonchev–Trinajstić information content (AvgIpc) is 2.76. The molecule has 5 nitrogen and oxygen atoms in total. The summed E-state index contributed by atoms with van der Waals surface area (Å²) < 4.78 is 32.6. The fourth-order valence-electron chi connectivity index (χ4n) is 3.57. The van der Waals surface area contributed by atoms with Crippen molar-refractivity contribution in [3.63, 3.8) is 0 Å². The van der Waals surface area contributed by atoms with Crippen molar-refractivity contribution in [2.75, 3.05) is 10.6 Å². The van der Waals surface area contributed by atoms with Gasteiger partial charge in [-0.15, -0.1) is 0 Å². The highest BCUT2D eigenvalue weighted by atomic mass is 19.1. The normalized spacial score (nSPS) is 11.1. The van der Waals surface area contributed by atoms with Crippen LogP contribution in [0.4, 0.5) is 25.0 Å². The molecule has 0 saturated carbocycles. The first-order chi connectivity index (χ1) is 15.7. The van der Waals surface area contributed by atoms with Gasteiger partial charge in [-0.2, -0.15) is 0 Å². The van der Waals surface area contributed by atoms with Gasteiger partial charge in [0.2, 0.25) is 0 Å². The second-order valence-electron chi connectivity index (χ2n) is 8.12. The third-order valence-electron chi connectivity index (χ3n) is 5.35. The quantitative estimate of drug-likeness (QED) is 0.337. The van der Waals surface area contributed by atoms with E-state index < -0.39 is 23.3 Å². The third kappa shape index (κ3) is 4.62. The van der Waals surface area contributed by atoms with Crippen LogP contribution in [0.2, 0.25) is 0 Å². The molecule has 0 aliphatic carbocycles. The van der Waals surface area contributed by atoms with Crippen LogP contribution in [0.25, 0.3) is 22.1 Å². The van der Waals surface area contributed by atoms with Crippen LogP contribution in [0.1, 0.15) is 30.9 Å². The zero-order valence-electron chi connectivity index (χ0n) is 18.3. The maximum atomic E-state index is 14.0. The van der Waals surface area contributed by atoms with E-state index in [1.165, 1.54) is 0 Å². The van der Waals surface area contributed by atoms with Crippen molar-refractivity contribution in [3.8, 4) is 11.1 Å². The van der Waals surface area contributed by atoms with Gasteiger partial charge < -0.3 is 15.1 Å². The number of carbonyl (C=O) groups is 1. The van der Waals surface area contributed by atoms with Crippen LogP contribution in [0.3, 0.4) is 0 Å². The number of anilines is 2. The lowest BCUT2D eigenvalue weighted by Crippen LogP contribution is -2.24. The predicted molar refractivity (Wildman–Crippen MR) is 126 cm³/mol. The Morgan fingerprint density at radius 2 is 1.67 bits per heavy atom. The maximum absolute atomic E-state index is 14.0. The molecule has 0 aliphatic heterocycles. The molecule has 7 heteroatoms. The molecular formula is C26H22F2N2O3. The summed E-state index contributed by atoms with van der Waals surface area (Å²) in [5.41, 5.74) is 2.62. The van der Waals surface area contributed by atoms with E-state index in [2.05, 4.69) is 24.5 Å². The van der Waals surface area contributed by atoms with Gasteiger partial charge in [0.25, 0.3) is 0 Å². The highest BCUT2D eigenvalue weighted by Gasteiger charge is 2.20. The molecule has 1 heterocycles.